The van der Waals surface area contributed by atoms with Gasteiger partial charge in [0, 0.05) is 28.3 Å². The molecule has 0 atom stereocenters. The van der Waals surface area contributed by atoms with E-state index in [1.54, 1.807) is 6.20 Å². The fraction of sp³-hybridized carbons (Fsp3) is 0.308. The number of aromatic nitrogens is 1. The fourth-order valence-corrected chi connectivity index (χ4v) is 1.98. The van der Waals surface area contributed by atoms with E-state index < -0.39 is 0 Å². The molecule has 88 valence electrons. The molecule has 17 heavy (non-hydrogen) atoms. The summed E-state index contributed by atoms with van der Waals surface area (Å²) in [5.41, 5.74) is 8.02. The zero-order valence-corrected chi connectivity index (χ0v) is 9.71. The van der Waals surface area contributed by atoms with Crippen molar-refractivity contribution in [3.8, 4) is 0 Å². The molecule has 3 rings (SSSR count). The summed E-state index contributed by atoms with van der Waals surface area (Å²) in [5, 5.41) is 3.93. The highest BCUT2D eigenvalue weighted by Crippen LogP contribution is 2.35. The molecule has 0 spiro atoms. The second kappa shape index (κ2) is 3.26. The van der Waals surface area contributed by atoms with Gasteiger partial charge in [-0.15, -0.1) is 0 Å². The SMILES string of the molecule is CC1(NC(=O)c2c[nH]c3ccc(N)cc23)CC1. The number of H-pyrrole nitrogens is 1. The first kappa shape index (κ1) is 10.2. The topological polar surface area (TPSA) is 70.9 Å². The second-order valence-electron chi connectivity index (χ2n) is 5.02. The lowest BCUT2D eigenvalue weighted by molar-refractivity contribution is 0.0937. The molecule has 1 amide bonds. The molecule has 1 heterocycles. The van der Waals surface area contributed by atoms with Crippen LogP contribution >= 0.6 is 0 Å². The Morgan fingerprint density at radius 3 is 2.94 bits per heavy atom. The van der Waals surface area contributed by atoms with Crippen LogP contribution in [-0.4, -0.2) is 16.4 Å². The molecular formula is C13H15N3O. The minimum absolute atomic E-state index is 0.000994. The summed E-state index contributed by atoms with van der Waals surface area (Å²) in [6.07, 6.45) is 3.86. The molecule has 0 saturated heterocycles. The molecule has 0 aliphatic heterocycles. The van der Waals surface area contributed by atoms with Crippen LogP contribution in [0.4, 0.5) is 5.69 Å². The average Bonchev–Trinajstić information content (AvgIpc) is 2.86. The maximum Gasteiger partial charge on any atom is 0.253 e. The number of nitrogen functional groups attached to an aromatic ring is 1. The summed E-state index contributed by atoms with van der Waals surface area (Å²) >= 11 is 0. The molecule has 1 aromatic carbocycles. The van der Waals surface area contributed by atoms with Crippen LogP contribution < -0.4 is 11.1 Å². The van der Waals surface area contributed by atoms with Crippen LogP contribution in [0.2, 0.25) is 0 Å². The van der Waals surface area contributed by atoms with Crippen molar-refractivity contribution in [1.29, 1.82) is 0 Å². The summed E-state index contributed by atoms with van der Waals surface area (Å²) in [4.78, 5) is 15.2. The van der Waals surface area contributed by atoms with Gasteiger partial charge in [0.2, 0.25) is 0 Å². The molecule has 1 aliphatic carbocycles. The van der Waals surface area contributed by atoms with Gasteiger partial charge < -0.3 is 16.0 Å². The van der Waals surface area contributed by atoms with Crippen molar-refractivity contribution in [1.82, 2.24) is 10.3 Å². The van der Waals surface area contributed by atoms with Crippen LogP contribution in [0.1, 0.15) is 30.1 Å². The van der Waals surface area contributed by atoms with Gasteiger partial charge in [0.05, 0.1) is 5.56 Å². The summed E-state index contributed by atoms with van der Waals surface area (Å²) in [6, 6.07) is 5.54. The van der Waals surface area contributed by atoms with Crippen molar-refractivity contribution in [3.63, 3.8) is 0 Å². The second-order valence-corrected chi connectivity index (χ2v) is 5.02. The third-order valence-electron chi connectivity index (χ3n) is 3.37. The molecule has 1 aromatic heterocycles. The van der Waals surface area contributed by atoms with Crippen molar-refractivity contribution in [2.45, 2.75) is 25.3 Å². The van der Waals surface area contributed by atoms with Crippen molar-refractivity contribution < 1.29 is 4.79 Å². The highest BCUT2D eigenvalue weighted by Gasteiger charge is 2.39. The van der Waals surface area contributed by atoms with Crippen LogP contribution in [-0.2, 0) is 0 Å². The number of carbonyl (C=O) groups excluding carboxylic acids is 1. The first-order valence-corrected chi connectivity index (χ1v) is 5.77. The van der Waals surface area contributed by atoms with Crippen molar-refractivity contribution in [2.24, 2.45) is 0 Å². The average molecular weight is 229 g/mol. The van der Waals surface area contributed by atoms with Gasteiger partial charge >= 0.3 is 0 Å². The number of fused-ring (bicyclic) bond motifs is 1. The van der Waals surface area contributed by atoms with Crippen molar-refractivity contribution >= 4 is 22.5 Å². The van der Waals surface area contributed by atoms with Crippen LogP contribution in [0, 0.1) is 0 Å². The van der Waals surface area contributed by atoms with E-state index in [1.807, 2.05) is 18.2 Å². The minimum atomic E-state index is -0.0261. The summed E-state index contributed by atoms with van der Waals surface area (Å²) in [5.74, 6) is -0.0261. The molecule has 4 nitrogen and oxygen atoms in total. The van der Waals surface area contributed by atoms with Crippen LogP contribution in [0.5, 0.6) is 0 Å². The van der Waals surface area contributed by atoms with E-state index in [4.69, 9.17) is 5.73 Å². The molecule has 1 aliphatic rings. The molecule has 1 fully saturated rings. The third-order valence-corrected chi connectivity index (χ3v) is 3.37. The molecule has 4 heteroatoms. The predicted octanol–water partition coefficient (Wildman–Crippen LogP) is 2.03. The Hall–Kier alpha value is -1.97. The molecular weight excluding hydrogens is 214 g/mol. The van der Waals surface area contributed by atoms with Gasteiger partial charge in [-0.2, -0.15) is 0 Å². The normalized spacial score (nSPS) is 17.0. The minimum Gasteiger partial charge on any atom is -0.399 e. The number of rotatable bonds is 2. The number of hydrogen-bond donors (Lipinski definition) is 3. The zero-order chi connectivity index (χ0) is 12.0. The lowest BCUT2D eigenvalue weighted by atomic mass is 10.1. The van der Waals surface area contributed by atoms with Gasteiger partial charge in [-0.05, 0) is 38.0 Å². The van der Waals surface area contributed by atoms with Crippen molar-refractivity contribution in [2.75, 3.05) is 5.73 Å². The van der Waals surface area contributed by atoms with Crippen LogP contribution in [0.3, 0.4) is 0 Å². The summed E-state index contributed by atoms with van der Waals surface area (Å²) in [6.45, 7) is 2.06. The Morgan fingerprint density at radius 1 is 1.47 bits per heavy atom. The smallest absolute Gasteiger partial charge is 0.253 e. The van der Waals surface area contributed by atoms with Gasteiger partial charge in [0.15, 0.2) is 0 Å². The van der Waals surface area contributed by atoms with E-state index in [9.17, 15) is 4.79 Å². The Bertz CT molecular complexity index is 596. The number of aromatic amines is 1. The first-order chi connectivity index (χ1) is 8.07. The van der Waals surface area contributed by atoms with E-state index in [2.05, 4.69) is 17.2 Å². The summed E-state index contributed by atoms with van der Waals surface area (Å²) in [7, 11) is 0. The van der Waals surface area contributed by atoms with Gasteiger partial charge in [-0.1, -0.05) is 0 Å². The zero-order valence-electron chi connectivity index (χ0n) is 9.71. The number of anilines is 1. The van der Waals surface area contributed by atoms with E-state index >= 15 is 0 Å². The van der Waals surface area contributed by atoms with Crippen molar-refractivity contribution in [3.05, 3.63) is 30.0 Å². The molecule has 0 unspecified atom stereocenters. The van der Waals surface area contributed by atoms with Gasteiger partial charge in [0.25, 0.3) is 5.91 Å². The maximum absolute atomic E-state index is 12.1. The Morgan fingerprint density at radius 2 is 2.24 bits per heavy atom. The fourth-order valence-electron chi connectivity index (χ4n) is 1.98. The molecule has 1 saturated carbocycles. The predicted molar refractivity (Wildman–Crippen MR) is 67.8 cm³/mol. The van der Waals surface area contributed by atoms with Crippen LogP contribution in [0.25, 0.3) is 10.9 Å². The maximum atomic E-state index is 12.1. The van der Waals surface area contributed by atoms with E-state index in [0.29, 0.717) is 11.3 Å². The van der Waals surface area contributed by atoms with Gasteiger partial charge in [-0.3, -0.25) is 4.79 Å². The molecule has 2 aromatic rings. The largest absolute Gasteiger partial charge is 0.399 e. The van der Waals surface area contributed by atoms with E-state index in [1.165, 1.54) is 0 Å². The van der Waals surface area contributed by atoms with E-state index in [0.717, 1.165) is 23.7 Å². The van der Waals surface area contributed by atoms with Gasteiger partial charge in [-0.25, -0.2) is 0 Å². The quantitative estimate of drug-likeness (QED) is 0.689. The number of carbonyl (C=O) groups is 1. The lowest BCUT2D eigenvalue weighted by Crippen LogP contribution is -2.34. The highest BCUT2D eigenvalue weighted by molar-refractivity contribution is 6.07. The monoisotopic (exact) mass is 229 g/mol. The van der Waals surface area contributed by atoms with Crippen LogP contribution in [0.15, 0.2) is 24.4 Å². The number of nitrogens with one attached hydrogen (secondary N) is 2. The number of amides is 1. The van der Waals surface area contributed by atoms with E-state index in [-0.39, 0.29) is 11.4 Å². The Labute approximate surface area is 99.2 Å². The third kappa shape index (κ3) is 1.75. The number of nitrogens with two attached hydrogens (primary N) is 1. The number of hydrogen-bond acceptors (Lipinski definition) is 2. The first-order valence-electron chi connectivity index (χ1n) is 5.77. The highest BCUT2D eigenvalue weighted by atomic mass is 16.1. The molecule has 4 N–H and O–H groups in total. The summed E-state index contributed by atoms with van der Waals surface area (Å²) < 4.78 is 0. The molecule has 0 radical (unpaired) electrons. The molecule has 0 bridgehead atoms. The lowest BCUT2D eigenvalue weighted by Gasteiger charge is -2.10. The number of benzene rings is 1. The Kier molecular flexibility index (Phi) is 1.96. The van der Waals surface area contributed by atoms with Gasteiger partial charge in [0.1, 0.15) is 0 Å². The standard InChI is InChI=1S/C13H15N3O/c1-13(4-5-13)16-12(17)10-7-15-11-3-2-8(14)6-9(10)11/h2-3,6-7,15H,4-5,14H2,1H3,(H,16,17). The Balaban J connectivity index is 1.99.